The molecule has 0 amide bonds. The molecule has 0 aromatic carbocycles. The van der Waals surface area contributed by atoms with Crippen LogP contribution < -0.4 is 5.73 Å². The number of hydrogen-bond donors (Lipinski definition) is 1. The monoisotopic (exact) mass is 254 g/mol. The van der Waals surface area contributed by atoms with Crippen molar-refractivity contribution in [2.45, 2.75) is 37.6 Å². The van der Waals surface area contributed by atoms with Gasteiger partial charge in [0.1, 0.15) is 0 Å². The van der Waals surface area contributed by atoms with E-state index in [9.17, 15) is 0 Å². The van der Waals surface area contributed by atoms with E-state index in [2.05, 4.69) is 34.8 Å². The Hall–Kier alpha value is -0.410. The molecule has 76 valence electrons. The summed E-state index contributed by atoms with van der Waals surface area (Å²) in [6, 6.07) is 3.97. The fourth-order valence-electron chi connectivity index (χ4n) is 2.05. The van der Waals surface area contributed by atoms with Gasteiger partial charge >= 0.3 is 0 Å². The van der Waals surface area contributed by atoms with E-state index in [1.165, 1.54) is 0 Å². The summed E-state index contributed by atoms with van der Waals surface area (Å²) in [5, 5.41) is 0. The minimum Gasteiger partial charge on any atom is -0.325 e. The molecule has 2 nitrogen and oxygen atoms in total. The van der Waals surface area contributed by atoms with E-state index in [4.69, 9.17) is 5.73 Å². The van der Waals surface area contributed by atoms with Crippen LogP contribution in [0.4, 0.5) is 0 Å². The first kappa shape index (κ1) is 10.1. The van der Waals surface area contributed by atoms with Gasteiger partial charge in [-0.1, -0.05) is 0 Å². The minimum absolute atomic E-state index is 0.0904. The van der Waals surface area contributed by atoms with E-state index in [0.717, 1.165) is 23.0 Å². The Kier molecular flexibility index (Phi) is 2.20. The maximum atomic E-state index is 6.22. The van der Waals surface area contributed by atoms with Gasteiger partial charge in [-0.2, -0.15) is 0 Å². The summed E-state index contributed by atoms with van der Waals surface area (Å²) in [5.74, 6) is 0. The summed E-state index contributed by atoms with van der Waals surface area (Å²) >= 11 is 3.55. The van der Waals surface area contributed by atoms with Crippen molar-refractivity contribution in [1.29, 1.82) is 0 Å². The lowest BCUT2D eigenvalue weighted by atomic mass is 9.82. The Morgan fingerprint density at radius 3 is 2.57 bits per heavy atom. The Labute approximate surface area is 93.0 Å². The highest BCUT2D eigenvalue weighted by Gasteiger charge is 2.55. The zero-order valence-corrected chi connectivity index (χ0v) is 10.1. The lowest BCUT2D eigenvalue weighted by molar-refractivity contribution is 0.382. The van der Waals surface area contributed by atoms with Gasteiger partial charge in [-0.25, -0.2) is 0 Å². The van der Waals surface area contributed by atoms with Crippen LogP contribution in [0.2, 0.25) is 0 Å². The van der Waals surface area contributed by atoms with Crippen molar-refractivity contribution in [2.75, 3.05) is 0 Å². The number of nitrogens with two attached hydrogens (primary N) is 1. The number of nitrogens with zero attached hydrogens (tertiary/aromatic N) is 1. The van der Waals surface area contributed by atoms with Crippen molar-refractivity contribution in [3.63, 3.8) is 0 Å². The van der Waals surface area contributed by atoms with E-state index < -0.39 is 0 Å². The van der Waals surface area contributed by atoms with E-state index in [-0.39, 0.29) is 11.0 Å². The second kappa shape index (κ2) is 3.04. The standard InChI is InChI=1S/C11H15BrN2/c1-10(2,13)11(5-6-11)9-8(12)4-3-7-14-9/h3-4,7H,5-6,13H2,1-2H3. The molecule has 0 aliphatic heterocycles. The molecule has 14 heavy (non-hydrogen) atoms. The molecule has 2 N–H and O–H groups in total. The first-order chi connectivity index (χ1) is 6.47. The Morgan fingerprint density at radius 2 is 2.14 bits per heavy atom. The predicted octanol–water partition coefficient (Wildman–Crippen LogP) is 2.61. The zero-order valence-electron chi connectivity index (χ0n) is 8.55. The summed E-state index contributed by atoms with van der Waals surface area (Å²) < 4.78 is 1.08. The second-order valence-electron chi connectivity index (χ2n) is 4.64. The van der Waals surface area contributed by atoms with Crippen molar-refractivity contribution in [2.24, 2.45) is 5.73 Å². The maximum Gasteiger partial charge on any atom is 0.0625 e. The van der Waals surface area contributed by atoms with Crippen LogP contribution in [0.1, 0.15) is 32.4 Å². The molecule has 1 fully saturated rings. The molecule has 0 radical (unpaired) electrons. The van der Waals surface area contributed by atoms with Crippen LogP contribution in [0, 0.1) is 0 Å². The van der Waals surface area contributed by atoms with Gasteiger partial charge in [0.05, 0.1) is 5.69 Å². The van der Waals surface area contributed by atoms with Gasteiger partial charge in [0.25, 0.3) is 0 Å². The largest absolute Gasteiger partial charge is 0.325 e. The van der Waals surface area contributed by atoms with Crippen molar-refractivity contribution in [3.8, 4) is 0 Å². The molecule has 0 bridgehead atoms. The topological polar surface area (TPSA) is 38.9 Å². The molecular weight excluding hydrogens is 240 g/mol. The number of rotatable bonds is 2. The lowest BCUT2D eigenvalue weighted by Crippen LogP contribution is -2.45. The third-order valence-corrected chi connectivity index (χ3v) is 3.84. The van der Waals surface area contributed by atoms with Crippen molar-refractivity contribution < 1.29 is 0 Å². The highest BCUT2D eigenvalue weighted by molar-refractivity contribution is 9.10. The summed E-state index contributed by atoms with van der Waals surface area (Å²) in [6.45, 7) is 4.17. The molecular formula is C11H15BrN2. The Balaban J connectivity index is 2.46. The maximum absolute atomic E-state index is 6.22. The molecule has 3 heteroatoms. The average molecular weight is 255 g/mol. The highest BCUT2D eigenvalue weighted by Crippen LogP contribution is 2.55. The third kappa shape index (κ3) is 1.39. The molecule has 0 saturated heterocycles. The van der Waals surface area contributed by atoms with E-state index in [1.54, 1.807) is 0 Å². The molecule has 1 aromatic heterocycles. The lowest BCUT2D eigenvalue weighted by Gasteiger charge is -2.30. The van der Waals surface area contributed by atoms with Crippen LogP contribution in [0.3, 0.4) is 0 Å². The smallest absolute Gasteiger partial charge is 0.0625 e. The van der Waals surface area contributed by atoms with Crippen molar-refractivity contribution in [3.05, 3.63) is 28.5 Å². The van der Waals surface area contributed by atoms with Gasteiger partial charge in [0.15, 0.2) is 0 Å². The number of aromatic nitrogens is 1. The SMILES string of the molecule is CC(C)(N)C1(c2ncccc2Br)CC1. The quantitative estimate of drug-likeness (QED) is 0.882. The van der Waals surface area contributed by atoms with E-state index in [1.807, 2.05) is 18.3 Å². The summed E-state index contributed by atoms with van der Waals surface area (Å²) in [5.41, 5.74) is 7.23. The van der Waals surface area contributed by atoms with Crippen LogP contribution in [0.25, 0.3) is 0 Å². The molecule has 1 aliphatic rings. The van der Waals surface area contributed by atoms with Crippen molar-refractivity contribution in [1.82, 2.24) is 4.98 Å². The van der Waals surface area contributed by atoms with E-state index >= 15 is 0 Å². The minimum atomic E-state index is -0.191. The van der Waals surface area contributed by atoms with Crippen LogP contribution in [-0.4, -0.2) is 10.5 Å². The fourth-order valence-corrected chi connectivity index (χ4v) is 2.68. The van der Waals surface area contributed by atoms with Gasteiger partial charge in [-0.3, -0.25) is 4.98 Å². The first-order valence-electron chi connectivity index (χ1n) is 4.87. The number of hydrogen-bond acceptors (Lipinski definition) is 2. The predicted molar refractivity (Wildman–Crippen MR) is 61.1 cm³/mol. The van der Waals surface area contributed by atoms with Gasteiger partial charge in [-0.15, -0.1) is 0 Å². The van der Waals surface area contributed by atoms with Crippen LogP contribution >= 0.6 is 15.9 Å². The Morgan fingerprint density at radius 1 is 1.50 bits per heavy atom. The average Bonchev–Trinajstić information content (AvgIpc) is 2.84. The molecule has 1 heterocycles. The molecule has 0 atom stereocenters. The highest BCUT2D eigenvalue weighted by atomic mass is 79.9. The first-order valence-corrected chi connectivity index (χ1v) is 5.66. The molecule has 1 aliphatic carbocycles. The molecule has 0 unspecified atom stereocenters. The molecule has 2 rings (SSSR count). The number of halogens is 1. The fraction of sp³-hybridized carbons (Fsp3) is 0.545. The van der Waals surface area contributed by atoms with Gasteiger partial charge in [0.2, 0.25) is 0 Å². The van der Waals surface area contributed by atoms with Gasteiger partial charge in [-0.05, 0) is 54.8 Å². The third-order valence-electron chi connectivity index (χ3n) is 3.20. The second-order valence-corrected chi connectivity index (χ2v) is 5.49. The Bertz CT molecular complexity index is 351. The van der Waals surface area contributed by atoms with Gasteiger partial charge in [0, 0.05) is 21.6 Å². The number of pyridine rings is 1. The summed E-state index contributed by atoms with van der Waals surface area (Å²) in [7, 11) is 0. The van der Waals surface area contributed by atoms with E-state index in [0.29, 0.717) is 0 Å². The summed E-state index contributed by atoms with van der Waals surface area (Å²) in [6.07, 6.45) is 4.13. The van der Waals surface area contributed by atoms with Crippen LogP contribution in [0.15, 0.2) is 22.8 Å². The van der Waals surface area contributed by atoms with Crippen LogP contribution in [-0.2, 0) is 5.41 Å². The zero-order chi connectivity index (χ0) is 10.4. The van der Waals surface area contributed by atoms with Gasteiger partial charge < -0.3 is 5.73 Å². The molecule has 1 aromatic rings. The normalized spacial score (nSPS) is 19.4. The van der Waals surface area contributed by atoms with Crippen molar-refractivity contribution >= 4 is 15.9 Å². The summed E-state index contributed by atoms with van der Waals surface area (Å²) in [4.78, 5) is 4.45. The molecule has 1 saturated carbocycles. The molecule has 0 spiro atoms. The van der Waals surface area contributed by atoms with Crippen LogP contribution in [0.5, 0.6) is 0 Å².